The van der Waals surface area contributed by atoms with E-state index in [-0.39, 0.29) is 11.5 Å². The number of nitrogens with one attached hydrogen (secondary N) is 1. The zero-order chi connectivity index (χ0) is 17.9. The minimum atomic E-state index is -0.452. The molecule has 0 aliphatic rings. The third-order valence-electron chi connectivity index (χ3n) is 3.39. The maximum absolute atomic E-state index is 12.1. The number of nitrogens with zero attached hydrogens (tertiary/aromatic N) is 4. The smallest absolute Gasteiger partial charge is 0.307 e. The number of amides is 1. The first-order chi connectivity index (χ1) is 11.3. The maximum Gasteiger partial charge on any atom is 0.330 e. The minimum absolute atomic E-state index is 0.255. The van der Waals surface area contributed by atoms with Crippen molar-refractivity contribution in [3.8, 4) is 0 Å². The van der Waals surface area contributed by atoms with Crippen molar-refractivity contribution in [2.45, 2.75) is 20.4 Å². The molecule has 0 aliphatic heterocycles. The van der Waals surface area contributed by atoms with Gasteiger partial charge < -0.3 is 9.88 Å². The fourth-order valence-corrected chi connectivity index (χ4v) is 2.21. The van der Waals surface area contributed by atoms with Crippen molar-refractivity contribution in [3.63, 3.8) is 0 Å². The molecule has 24 heavy (non-hydrogen) atoms. The van der Waals surface area contributed by atoms with Crippen molar-refractivity contribution in [3.05, 3.63) is 50.9 Å². The second kappa shape index (κ2) is 7.12. The van der Waals surface area contributed by atoms with Crippen molar-refractivity contribution in [2.24, 2.45) is 20.0 Å². The molecule has 0 fully saturated rings. The van der Waals surface area contributed by atoms with E-state index >= 15 is 0 Å². The topological polar surface area (TPSA) is 90.9 Å². The normalized spacial score (nSPS) is 11.4. The van der Waals surface area contributed by atoms with E-state index in [0.29, 0.717) is 18.3 Å². The molecule has 128 valence electrons. The highest BCUT2D eigenvalue weighted by Crippen LogP contribution is 2.09. The second-order valence-electron chi connectivity index (χ2n) is 5.96. The predicted octanol–water partition coefficient (Wildman–Crippen LogP) is 0.588. The van der Waals surface area contributed by atoms with Crippen LogP contribution in [-0.4, -0.2) is 24.8 Å². The molecule has 2 heterocycles. The molecule has 8 heteroatoms. The lowest BCUT2D eigenvalue weighted by molar-refractivity contribution is -0.111. The van der Waals surface area contributed by atoms with Crippen LogP contribution in [0.15, 0.2) is 34.1 Å². The van der Waals surface area contributed by atoms with Crippen LogP contribution in [0.4, 0.5) is 5.82 Å². The summed E-state index contributed by atoms with van der Waals surface area (Å²) in [5, 5.41) is 6.88. The predicted molar refractivity (Wildman–Crippen MR) is 91.7 cm³/mol. The molecule has 0 saturated carbocycles. The summed E-state index contributed by atoms with van der Waals surface area (Å²) < 4.78 is 3.99. The fraction of sp³-hybridized carbons (Fsp3) is 0.375. The molecule has 2 aromatic heterocycles. The molecule has 0 atom stereocenters. The van der Waals surface area contributed by atoms with Gasteiger partial charge in [-0.25, -0.2) is 9.48 Å². The van der Waals surface area contributed by atoms with Crippen molar-refractivity contribution < 1.29 is 4.79 Å². The van der Waals surface area contributed by atoms with E-state index < -0.39 is 11.2 Å². The highest BCUT2D eigenvalue weighted by Gasteiger charge is 2.08. The first-order valence-electron chi connectivity index (χ1n) is 7.57. The van der Waals surface area contributed by atoms with Gasteiger partial charge in [0.1, 0.15) is 5.82 Å². The third kappa shape index (κ3) is 3.89. The summed E-state index contributed by atoms with van der Waals surface area (Å²) in [5.74, 6) is 0.604. The second-order valence-corrected chi connectivity index (χ2v) is 5.96. The molecular formula is C16H21N5O3. The van der Waals surface area contributed by atoms with Gasteiger partial charge in [-0.3, -0.25) is 14.2 Å². The molecular weight excluding hydrogens is 310 g/mol. The zero-order valence-electron chi connectivity index (χ0n) is 14.2. The number of carbonyl (C=O) groups is 1. The van der Waals surface area contributed by atoms with Gasteiger partial charge in [-0.05, 0) is 12.0 Å². The lowest BCUT2D eigenvalue weighted by Crippen LogP contribution is -2.37. The van der Waals surface area contributed by atoms with Gasteiger partial charge in [0, 0.05) is 39.0 Å². The van der Waals surface area contributed by atoms with E-state index in [2.05, 4.69) is 24.3 Å². The lowest BCUT2D eigenvalue weighted by atomic mass is 10.2. The van der Waals surface area contributed by atoms with E-state index in [1.54, 1.807) is 24.0 Å². The molecule has 1 amide bonds. The highest BCUT2D eigenvalue weighted by molar-refractivity contribution is 6.01. The number of anilines is 1. The summed E-state index contributed by atoms with van der Waals surface area (Å²) in [6.45, 7) is 4.80. The van der Waals surface area contributed by atoms with Crippen molar-refractivity contribution in [2.75, 3.05) is 5.32 Å². The minimum Gasteiger partial charge on any atom is -0.307 e. The Balaban J connectivity index is 2.16. The molecule has 0 unspecified atom stereocenters. The van der Waals surface area contributed by atoms with Gasteiger partial charge in [0.25, 0.3) is 5.56 Å². The van der Waals surface area contributed by atoms with Crippen LogP contribution in [0.25, 0.3) is 6.08 Å². The van der Waals surface area contributed by atoms with Gasteiger partial charge in [-0.1, -0.05) is 13.8 Å². The van der Waals surface area contributed by atoms with Crippen LogP contribution in [0.1, 0.15) is 19.4 Å². The molecule has 0 aromatic carbocycles. The standard InChI is InChI=1S/C16H21N5O3/c1-11(2)9-21-13(7-8-17-21)18-14(22)6-5-12-10-19(3)16(24)20(4)15(12)23/h5-8,10-11H,9H2,1-4H3,(H,18,22)/b6-5+. The van der Waals surface area contributed by atoms with E-state index in [1.807, 2.05) is 0 Å². The van der Waals surface area contributed by atoms with Crippen molar-refractivity contribution in [1.82, 2.24) is 18.9 Å². The maximum atomic E-state index is 12.1. The van der Waals surface area contributed by atoms with Gasteiger partial charge in [-0.15, -0.1) is 0 Å². The third-order valence-corrected chi connectivity index (χ3v) is 3.39. The van der Waals surface area contributed by atoms with Gasteiger partial charge in [0.2, 0.25) is 5.91 Å². The Labute approximate surface area is 139 Å². The quantitative estimate of drug-likeness (QED) is 0.812. The van der Waals surface area contributed by atoms with E-state index in [9.17, 15) is 14.4 Å². The molecule has 0 radical (unpaired) electrons. The molecule has 8 nitrogen and oxygen atoms in total. The summed E-state index contributed by atoms with van der Waals surface area (Å²) in [6.07, 6.45) is 5.66. The highest BCUT2D eigenvalue weighted by atomic mass is 16.2. The molecule has 2 aromatic rings. The van der Waals surface area contributed by atoms with Gasteiger partial charge in [0.15, 0.2) is 0 Å². The van der Waals surface area contributed by atoms with Crippen molar-refractivity contribution in [1.29, 1.82) is 0 Å². The van der Waals surface area contributed by atoms with E-state index in [1.165, 1.54) is 30.0 Å². The first-order valence-corrected chi connectivity index (χ1v) is 7.57. The number of hydrogen-bond donors (Lipinski definition) is 1. The number of aromatic nitrogens is 4. The Morgan fingerprint density at radius 3 is 2.71 bits per heavy atom. The van der Waals surface area contributed by atoms with Gasteiger partial charge in [-0.2, -0.15) is 5.10 Å². The summed E-state index contributed by atoms with van der Waals surface area (Å²) in [4.78, 5) is 35.7. The average molecular weight is 331 g/mol. The van der Waals surface area contributed by atoms with Crippen LogP contribution in [0.5, 0.6) is 0 Å². The Bertz CT molecular complexity index is 886. The van der Waals surface area contributed by atoms with Crippen LogP contribution in [0, 0.1) is 5.92 Å². The van der Waals surface area contributed by atoms with Crippen molar-refractivity contribution >= 4 is 17.8 Å². The van der Waals surface area contributed by atoms with Gasteiger partial charge in [0.05, 0.1) is 11.8 Å². The largest absolute Gasteiger partial charge is 0.330 e. The summed E-state index contributed by atoms with van der Waals surface area (Å²) >= 11 is 0. The van der Waals surface area contributed by atoms with Gasteiger partial charge >= 0.3 is 5.69 Å². The van der Waals surface area contributed by atoms with E-state index in [4.69, 9.17) is 0 Å². The van der Waals surface area contributed by atoms with E-state index in [0.717, 1.165) is 4.57 Å². The summed E-state index contributed by atoms with van der Waals surface area (Å²) in [7, 11) is 2.94. The van der Waals surface area contributed by atoms with Crippen LogP contribution >= 0.6 is 0 Å². The SMILES string of the molecule is CC(C)Cn1nccc1NC(=O)/C=C/c1cn(C)c(=O)n(C)c1=O. The Morgan fingerprint density at radius 1 is 1.33 bits per heavy atom. The molecule has 0 saturated heterocycles. The molecule has 1 N–H and O–H groups in total. The number of aryl methyl sites for hydroxylation is 1. The molecule has 0 spiro atoms. The zero-order valence-corrected chi connectivity index (χ0v) is 14.2. The number of hydrogen-bond acceptors (Lipinski definition) is 4. The van der Waals surface area contributed by atoms with Crippen LogP contribution in [-0.2, 0) is 25.4 Å². The number of rotatable bonds is 5. The van der Waals surface area contributed by atoms with Crippen LogP contribution < -0.4 is 16.6 Å². The monoisotopic (exact) mass is 331 g/mol. The summed E-state index contributed by atoms with van der Waals surface area (Å²) in [6, 6.07) is 1.71. The summed E-state index contributed by atoms with van der Waals surface area (Å²) in [5.41, 5.74) is -0.614. The number of carbonyl (C=O) groups excluding carboxylic acids is 1. The Kier molecular flexibility index (Phi) is 5.18. The first kappa shape index (κ1) is 17.5. The Morgan fingerprint density at radius 2 is 2.04 bits per heavy atom. The average Bonchev–Trinajstić information content (AvgIpc) is 2.93. The van der Waals surface area contributed by atoms with Crippen LogP contribution in [0.3, 0.4) is 0 Å². The lowest BCUT2D eigenvalue weighted by Gasteiger charge is -2.09. The molecule has 0 aliphatic carbocycles. The van der Waals surface area contributed by atoms with Crippen LogP contribution in [0.2, 0.25) is 0 Å². The molecule has 2 rings (SSSR count). The Hall–Kier alpha value is -2.90. The fourth-order valence-electron chi connectivity index (χ4n) is 2.21. The molecule has 0 bridgehead atoms.